The van der Waals surface area contributed by atoms with E-state index in [4.69, 9.17) is 0 Å². The number of aryl methyl sites for hydroxylation is 2. The molecule has 2 aromatic carbocycles. The minimum atomic E-state index is -0.00804. The quantitative estimate of drug-likeness (QED) is 0.799. The monoisotopic (exact) mass is 282 g/mol. The van der Waals surface area contributed by atoms with E-state index < -0.39 is 0 Å². The molecule has 110 valence electrons. The average molecular weight is 282 g/mol. The van der Waals surface area contributed by atoms with Crippen LogP contribution in [-0.4, -0.2) is 19.0 Å². The second-order valence-electron chi connectivity index (χ2n) is 5.26. The van der Waals surface area contributed by atoms with Gasteiger partial charge in [-0.2, -0.15) is 0 Å². The van der Waals surface area contributed by atoms with E-state index >= 15 is 0 Å². The van der Waals surface area contributed by atoms with Crippen molar-refractivity contribution in [1.29, 1.82) is 0 Å². The molecule has 0 aromatic heterocycles. The topological polar surface area (TPSA) is 41.1 Å². The lowest BCUT2D eigenvalue weighted by atomic mass is 10.1. The van der Waals surface area contributed by atoms with E-state index in [-0.39, 0.29) is 5.91 Å². The molecule has 21 heavy (non-hydrogen) atoms. The van der Waals surface area contributed by atoms with E-state index in [2.05, 4.69) is 29.7 Å². The van der Waals surface area contributed by atoms with Crippen LogP contribution in [0.25, 0.3) is 0 Å². The van der Waals surface area contributed by atoms with Crippen LogP contribution in [0.1, 0.15) is 16.7 Å². The molecule has 0 saturated carbocycles. The van der Waals surface area contributed by atoms with Crippen molar-refractivity contribution in [3.05, 3.63) is 65.2 Å². The Balaban J connectivity index is 1.71. The maximum Gasteiger partial charge on any atom is 0.238 e. The van der Waals surface area contributed by atoms with E-state index in [1.165, 1.54) is 16.7 Å². The van der Waals surface area contributed by atoms with Crippen molar-refractivity contribution >= 4 is 11.6 Å². The second-order valence-corrected chi connectivity index (χ2v) is 5.26. The van der Waals surface area contributed by atoms with Gasteiger partial charge in [0.15, 0.2) is 0 Å². The van der Waals surface area contributed by atoms with Gasteiger partial charge in [-0.3, -0.25) is 4.79 Å². The van der Waals surface area contributed by atoms with Crippen molar-refractivity contribution in [2.75, 3.05) is 18.4 Å². The van der Waals surface area contributed by atoms with Crippen molar-refractivity contribution < 1.29 is 4.79 Å². The van der Waals surface area contributed by atoms with Gasteiger partial charge in [-0.25, -0.2) is 0 Å². The van der Waals surface area contributed by atoms with Crippen molar-refractivity contribution in [3.63, 3.8) is 0 Å². The molecule has 0 heterocycles. The summed E-state index contributed by atoms with van der Waals surface area (Å²) >= 11 is 0. The summed E-state index contributed by atoms with van der Waals surface area (Å²) in [5.74, 6) is -0.00804. The van der Waals surface area contributed by atoms with Crippen LogP contribution in [0, 0.1) is 13.8 Å². The summed E-state index contributed by atoms with van der Waals surface area (Å²) in [5.41, 5.74) is 4.55. The van der Waals surface area contributed by atoms with Gasteiger partial charge in [-0.1, -0.05) is 36.4 Å². The molecule has 3 heteroatoms. The van der Waals surface area contributed by atoms with Gasteiger partial charge in [0.05, 0.1) is 6.54 Å². The van der Waals surface area contributed by atoms with Gasteiger partial charge in [-0.05, 0) is 55.6 Å². The Morgan fingerprint density at radius 1 is 1.00 bits per heavy atom. The average Bonchev–Trinajstić information content (AvgIpc) is 2.49. The Kier molecular flexibility index (Phi) is 5.52. The molecule has 1 amide bonds. The van der Waals surface area contributed by atoms with Crippen molar-refractivity contribution in [1.82, 2.24) is 5.32 Å². The van der Waals surface area contributed by atoms with Gasteiger partial charge in [0.25, 0.3) is 0 Å². The Labute approximate surface area is 126 Å². The smallest absolute Gasteiger partial charge is 0.238 e. The molecule has 0 radical (unpaired) electrons. The van der Waals surface area contributed by atoms with E-state index in [0.29, 0.717) is 6.54 Å². The predicted octanol–water partition coefficient (Wildman–Crippen LogP) is 3.07. The molecule has 2 N–H and O–H groups in total. The number of nitrogens with one attached hydrogen (secondary N) is 2. The first-order valence-electron chi connectivity index (χ1n) is 7.27. The number of hydrogen-bond acceptors (Lipinski definition) is 2. The highest BCUT2D eigenvalue weighted by molar-refractivity contribution is 5.92. The van der Waals surface area contributed by atoms with Crippen molar-refractivity contribution in [2.45, 2.75) is 20.3 Å². The third-order valence-electron chi connectivity index (χ3n) is 3.51. The van der Waals surface area contributed by atoms with Crippen LogP contribution in [0.2, 0.25) is 0 Å². The molecule has 0 saturated heterocycles. The van der Waals surface area contributed by atoms with E-state index in [1.807, 2.05) is 43.3 Å². The predicted molar refractivity (Wildman–Crippen MR) is 87.6 cm³/mol. The highest BCUT2D eigenvalue weighted by Crippen LogP contribution is 2.13. The summed E-state index contributed by atoms with van der Waals surface area (Å²) < 4.78 is 0. The van der Waals surface area contributed by atoms with Crippen LogP contribution in [0.5, 0.6) is 0 Å². The molecule has 0 fully saturated rings. The van der Waals surface area contributed by atoms with Crippen LogP contribution in [0.3, 0.4) is 0 Å². The summed E-state index contributed by atoms with van der Waals surface area (Å²) in [6, 6.07) is 16.2. The van der Waals surface area contributed by atoms with Gasteiger partial charge in [0.2, 0.25) is 5.91 Å². The SMILES string of the molecule is Cc1ccc(NC(=O)CNCCc2ccccc2)cc1C. The lowest BCUT2D eigenvalue weighted by molar-refractivity contribution is -0.115. The normalized spacial score (nSPS) is 10.4. The number of anilines is 1. The summed E-state index contributed by atoms with van der Waals surface area (Å²) in [7, 11) is 0. The van der Waals surface area contributed by atoms with E-state index in [9.17, 15) is 4.79 Å². The Hall–Kier alpha value is -2.13. The van der Waals surface area contributed by atoms with Crippen LogP contribution in [0.4, 0.5) is 5.69 Å². The Morgan fingerprint density at radius 3 is 2.48 bits per heavy atom. The molecule has 3 nitrogen and oxygen atoms in total. The minimum Gasteiger partial charge on any atom is -0.325 e. The fraction of sp³-hybridized carbons (Fsp3) is 0.278. The Morgan fingerprint density at radius 2 is 1.76 bits per heavy atom. The van der Waals surface area contributed by atoms with Crippen LogP contribution < -0.4 is 10.6 Å². The molecular formula is C18H22N2O. The number of benzene rings is 2. The standard InChI is InChI=1S/C18H22N2O/c1-14-8-9-17(12-15(14)2)20-18(21)13-19-11-10-16-6-4-3-5-7-16/h3-9,12,19H,10-11,13H2,1-2H3,(H,20,21). The molecule has 0 aliphatic heterocycles. The van der Waals surface area contributed by atoms with Gasteiger partial charge in [-0.15, -0.1) is 0 Å². The lowest BCUT2D eigenvalue weighted by Crippen LogP contribution is -2.29. The molecule has 0 bridgehead atoms. The Bertz CT molecular complexity index is 593. The number of amides is 1. The van der Waals surface area contributed by atoms with Gasteiger partial charge < -0.3 is 10.6 Å². The highest BCUT2D eigenvalue weighted by atomic mass is 16.1. The van der Waals surface area contributed by atoms with Gasteiger partial charge in [0.1, 0.15) is 0 Å². The first kappa shape index (κ1) is 15.3. The first-order chi connectivity index (χ1) is 10.1. The zero-order chi connectivity index (χ0) is 15.1. The molecule has 0 aliphatic rings. The van der Waals surface area contributed by atoms with E-state index in [1.54, 1.807) is 0 Å². The fourth-order valence-electron chi connectivity index (χ4n) is 2.10. The van der Waals surface area contributed by atoms with Crippen LogP contribution >= 0.6 is 0 Å². The summed E-state index contributed by atoms with van der Waals surface area (Å²) in [5, 5.41) is 6.08. The molecule has 0 atom stereocenters. The maximum atomic E-state index is 11.8. The number of rotatable bonds is 6. The van der Waals surface area contributed by atoms with Crippen LogP contribution in [-0.2, 0) is 11.2 Å². The summed E-state index contributed by atoms with van der Waals surface area (Å²) in [4.78, 5) is 11.8. The number of carbonyl (C=O) groups excluding carboxylic acids is 1. The molecule has 2 aromatic rings. The molecule has 2 rings (SSSR count). The number of carbonyl (C=O) groups is 1. The molecule has 0 aliphatic carbocycles. The second kappa shape index (κ2) is 7.60. The summed E-state index contributed by atoms with van der Waals surface area (Å²) in [6.45, 7) is 5.24. The first-order valence-corrected chi connectivity index (χ1v) is 7.27. The van der Waals surface area contributed by atoms with Crippen molar-refractivity contribution in [2.24, 2.45) is 0 Å². The third-order valence-corrected chi connectivity index (χ3v) is 3.51. The lowest BCUT2D eigenvalue weighted by Gasteiger charge is -2.08. The van der Waals surface area contributed by atoms with Gasteiger partial charge >= 0.3 is 0 Å². The minimum absolute atomic E-state index is 0.00804. The maximum absolute atomic E-state index is 11.8. The zero-order valence-corrected chi connectivity index (χ0v) is 12.6. The number of hydrogen-bond donors (Lipinski definition) is 2. The van der Waals surface area contributed by atoms with Crippen LogP contribution in [0.15, 0.2) is 48.5 Å². The highest BCUT2D eigenvalue weighted by Gasteiger charge is 2.03. The molecular weight excluding hydrogens is 260 g/mol. The molecule has 0 spiro atoms. The van der Waals surface area contributed by atoms with Gasteiger partial charge in [0, 0.05) is 5.69 Å². The summed E-state index contributed by atoms with van der Waals surface area (Å²) in [6.07, 6.45) is 0.928. The largest absolute Gasteiger partial charge is 0.325 e. The fourth-order valence-corrected chi connectivity index (χ4v) is 2.10. The molecule has 0 unspecified atom stereocenters. The zero-order valence-electron chi connectivity index (χ0n) is 12.6. The third kappa shape index (κ3) is 5.04. The van der Waals surface area contributed by atoms with E-state index in [0.717, 1.165) is 18.7 Å². The van der Waals surface area contributed by atoms with Crippen molar-refractivity contribution in [3.8, 4) is 0 Å².